The van der Waals surface area contributed by atoms with Gasteiger partial charge < -0.3 is 5.11 Å². The minimum atomic E-state index is -0.625. The second kappa shape index (κ2) is 4.14. The van der Waals surface area contributed by atoms with Gasteiger partial charge >= 0.3 is 0 Å². The van der Waals surface area contributed by atoms with Crippen LogP contribution in [0.2, 0.25) is 0 Å². The molecule has 2 rings (SSSR count). The van der Waals surface area contributed by atoms with E-state index in [1.165, 1.54) is 12.3 Å². The standard InChI is InChI=1S/C11H9FN2O/c12-8(7-15)5-9-6-13-10-3-1-2-4-11(10)14-9/h1-6,15H,7H2/b8-5+. The molecule has 0 saturated carbocycles. The predicted octanol–water partition coefficient (Wildman–Crippen LogP) is 1.93. The highest BCUT2D eigenvalue weighted by Crippen LogP contribution is 2.10. The lowest BCUT2D eigenvalue weighted by atomic mass is 10.3. The lowest BCUT2D eigenvalue weighted by Crippen LogP contribution is -1.89. The Morgan fingerprint density at radius 3 is 2.80 bits per heavy atom. The second-order valence-electron chi connectivity index (χ2n) is 3.03. The number of nitrogens with zero attached hydrogens (tertiary/aromatic N) is 2. The number of aliphatic hydroxyl groups is 1. The summed E-state index contributed by atoms with van der Waals surface area (Å²) in [6, 6.07) is 7.34. The average molecular weight is 204 g/mol. The molecule has 0 aliphatic heterocycles. The fourth-order valence-electron chi connectivity index (χ4n) is 1.25. The number of fused-ring (bicyclic) bond motifs is 1. The van der Waals surface area contributed by atoms with Crippen LogP contribution in [0.25, 0.3) is 17.1 Å². The molecule has 0 spiro atoms. The molecule has 4 heteroatoms. The Morgan fingerprint density at radius 2 is 2.07 bits per heavy atom. The van der Waals surface area contributed by atoms with Crippen molar-refractivity contribution in [1.82, 2.24) is 9.97 Å². The van der Waals surface area contributed by atoms with E-state index in [9.17, 15) is 4.39 Å². The Labute approximate surface area is 85.9 Å². The maximum absolute atomic E-state index is 12.8. The number of para-hydroxylation sites is 2. The zero-order valence-electron chi connectivity index (χ0n) is 7.89. The second-order valence-corrected chi connectivity index (χ2v) is 3.03. The molecule has 0 saturated heterocycles. The minimum Gasteiger partial charge on any atom is -0.389 e. The first-order chi connectivity index (χ1) is 7.29. The molecular formula is C11H9FN2O. The first kappa shape index (κ1) is 9.73. The Hall–Kier alpha value is -1.81. The van der Waals surface area contributed by atoms with Crippen molar-refractivity contribution in [2.24, 2.45) is 0 Å². The lowest BCUT2D eigenvalue weighted by Gasteiger charge is -1.97. The molecule has 0 radical (unpaired) electrons. The van der Waals surface area contributed by atoms with Gasteiger partial charge in [-0.15, -0.1) is 0 Å². The van der Waals surface area contributed by atoms with Crippen LogP contribution in [-0.4, -0.2) is 21.7 Å². The predicted molar refractivity (Wildman–Crippen MR) is 55.7 cm³/mol. The van der Waals surface area contributed by atoms with Crippen LogP contribution in [-0.2, 0) is 0 Å². The van der Waals surface area contributed by atoms with Crippen molar-refractivity contribution in [2.45, 2.75) is 0 Å². The van der Waals surface area contributed by atoms with Gasteiger partial charge in [-0.05, 0) is 18.2 Å². The highest BCUT2D eigenvalue weighted by molar-refractivity contribution is 5.74. The van der Waals surface area contributed by atoms with E-state index < -0.39 is 12.4 Å². The molecule has 0 amide bonds. The summed E-state index contributed by atoms with van der Waals surface area (Å²) < 4.78 is 12.8. The van der Waals surface area contributed by atoms with Crippen LogP contribution in [0, 0.1) is 0 Å². The minimum absolute atomic E-state index is 0.403. The molecule has 2 aromatic rings. The summed E-state index contributed by atoms with van der Waals surface area (Å²) >= 11 is 0. The maximum atomic E-state index is 12.8. The van der Waals surface area contributed by atoms with Crippen molar-refractivity contribution < 1.29 is 9.50 Å². The maximum Gasteiger partial charge on any atom is 0.127 e. The summed E-state index contributed by atoms with van der Waals surface area (Å²) in [5.74, 6) is -0.625. The van der Waals surface area contributed by atoms with Crippen LogP contribution < -0.4 is 0 Å². The van der Waals surface area contributed by atoms with E-state index >= 15 is 0 Å². The molecule has 1 N–H and O–H groups in total. The van der Waals surface area contributed by atoms with Gasteiger partial charge in [0.05, 0.1) is 29.5 Å². The quantitative estimate of drug-likeness (QED) is 0.813. The van der Waals surface area contributed by atoms with E-state index in [0.29, 0.717) is 11.2 Å². The summed E-state index contributed by atoms with van der Waals surface area (Å²) in [6.45, 7) is -0.617. The number of aliphatic hydroxyl groups excluding tert-OH is 1. The third-order valence-corrected chi connectivity index (χ3v) is 1.92. The third-order valence-electron chi connectivity index (χ3n) is 1.92. The summed E-state index contributed by atoms with van der Waals surface area (Å²) in [5.41, 5.74) is 1.87. The Kier molecular flexibility index (Phi) is 2.69. The van der Waals surface area contributed by atoms with Gasteiger partial charge in [0.25, 0.3) is 0 Å². The molecule has 76 valence electrons. The number of rotatable bonds is 2. The van der Waals surface area contributed by atoms with Crippen molar-refractivity contribution in [3.8, 4) is 0 Å². The smallest absolute Gasteiger partial charge is 0.127 e. The van der Waals surface area contributed by atoms with E-state index in [-0.39, 0.29) is 0 Å². The molecule has 15 heavy (non-hydrogen) atoms. The van der Waals surface area contributed by atoms with Crippen LogP contribution in [0.4, 0.5) is 4.39 Å². The number of benzene rings is 1. The highest BCUT2D eigenvalue weighted by atomic mass is 19.1. The fraction of sp³-hybridized carbons (Fsp3) is 0.0909. The Bertz CT molecular complexity index is 511. The summed E-state index contributed by atoms with van der Waals surface area (Å²) in [6.07, 6.45) is 2.64. The number of hydrogen-bond acceptors (Lipinski definition) is 3. The number of halogens is 1. The molecular weight excluding hydrogens is 195 g/mol. The Morgan fingerprint density at radius 1 is 1.33 bits per heavy atom. The van der Waals surface area contributed by atoms with Crippen molar-refractivity contribution in [3.05, 3.63) is 42.0 Å². The zero-order valence-corrected chi connectivity index (χ0v) is 7.89. The van der Waals surface area contributed by atoms with Gasteiger partial charge in [-0.2, -0.15) is 0 Å². The third kappa shape index (κ3) is 2.16. The van der Waals surface area contributed by atoms with Crippen molar-refractivity contribution in [3.63, 3.8) is 0 Å². The molecule has 1 heterocycles. The van der Waals surface area contributed by atoms with Crippen LogP contribution in [0.1, 0.15) is 5.69 Å². The fourth-order valence-corrected chi connectivity index (χ4v) is 1.25. The van der Waals surface area contributed by atoms with Gasteiger partial charge in [0.2, 0.25) is 0 Å². The van der Waals surface area contributed by atoms with Crippen LogP contribution >= 0.6 is 0 Å². The van der Waals surface area contributed by atoms with Gasteiger partial charge in [-0.25, -0.2) is 9.37 Å². The van der Waals surface area contributed by atoms with Crippen LogP contribution in [0.3, 0.4) is 0 Å². The molecule has 0 aliphatic carbocycles. The lowest BCUT2D eigenvalue weighted by molar-refractivity contribution is 0.300. The van der Waals surface area contributed by atoms with Crippen molar-refractivity contribution >= 4 is 17.1 Å². The molecule has 0 aliphatic rings. The monoisotopic (exact) mass is 204 g/mol. The van der Waals surface area contributed by atoms with E-state index in [1.54, 1.807) is 6.07 Å². The SMILES string of the molecule is OC/C(F)=C\c1cnc2ccccc2n1. The number of hydrogen-bond donors (Lipinski definition) is 1. The number of aromatic nitrogens is 2. The summed E-state index contributed by atoms with van der Waals surface area (Å²) in [5, 5.41) is 8.52. The first-order valence-corrected chi connectivity index (χ1v) is 4.48. The normalized spacial score (nSPS) is 12.0. The molecule has 3 nitrogen and oxygen atoms in total. The molecule has 1 aromatic carbocycles. The molecule has 0 fully saturated rings. The molecule has 1 aromatic heterocycles. The van der Waals surface area contributed by atoms with E-state index in [1.807, 2.05) is 18.2 Å². The molecule has 0 unspecified atom stereocenters. The largest absolute Gasteiger partial charge is 0.389 e. The first-order valence-electron chi connectivity index (χ1n) is 4.48. The van der Waals surface area contributed by atoms with Gasteiger partial charge in [0.1, 0.15) is 5.83 Å². The topological polar surface area (TPSA) is 46.0 Å². The highest BCUT2D eigenvalue weighted by Gasteiger charge is 1.98. The van der Waals surface area contributed by atoms with Crippen LogP contribution in [0.5, 0.6) is 0 Å². The van der Waals surface area contributed by atoms with Gasteiger partial charge in [0.15, 0.2) is 0 Å². The molecule has 0 atom stereocenters. The molecule has 0 bridgehead atoms. The Balaban J connectivity index is 2.47. The average Bonchev–Trinajstić information content (AvgIpc) is 2.29. The van der Waals surface area contributed by atoms with Crippen LogP contribution in [0.15, 0.2) is 36.3 Å². The van der Waals surface area contributed by atoms with E-state index in [0.717, 1.165) is 5.52 Å². The van der Waals surface area contributed by atoms with E-state index in [4.69, 9.17) is 5.11 Å². The summed E-state index contributed by atoms with van der Waals surface area (Å²) in [7, 11) is 0. The van der Waals surface area contributed by atoms with Crippen molar-refractivity contribution in [1.29, 1.82) is 0 Å². The zero-order chi connectivity index (χ0) is 10.7. The van der Waals surface area contributed by atoms with Crippen molar-refractivity contribution in [2.75, 3.05) is 6.61 Å². The van der Waals surface area contributed by atoms with Gasteiger partial charge in [0, 0.05) is 0 Å². The van der Waals surface area contributed by atoms with Gasteiger partial charge in [-0.3, -0.25) is 4.98 Å². The van der Waals surface area contributed by atoms with Gasteiger partial charge in [-0.1, -0.05) is 12.1 Å². The van der Waals surface area contributed by atoms with E-state index in [2.05, 4.69) is 9.97 Å². The summed E-state index contributed by atoms with van der Waals surface area (Å²) in [4.78, 5) is 8.29.